The van der Waals surface area contributed by atoms with Gasteiger partial charge in [-0.2, -0.15) is 0 Å². The van der Waals surface area contributed by atoms with Gasteiger partial charge in [0.1, 0.15) is 0 Å². The third-order valence-corrected chi connectivity index (χ3v) is 12.4. The van der Waals surface area contributed by atoms with Crippen molar-refractivity contribution in [3.05, 3.63) is 0 Å². The summed E-state index contributed by atoms with van der Waals surface area (Å²) in [5.41, 5.74) is 0. The molecule has 2 N–H and O–H groups in total. The molecule has 0 spiro atoms. The van der Waals surface area contributed by atoms with Crippen LogP contribution in [0.5, 0.6) is 0 Å². The molecule has 8 nitrogen and oxygen atoms in total. The molecule has 0 rings (SSSR count). The first kappa shape index (κ1) is 35.2. The van der Waals surface area contributed by atoms with E-state index in [0.29, 0.717) is 77.8 Å². The Morgan fingerprint density at radius 3 is 0.857 bits per heavy atom. The first-order valence-corrected chi connectivity index (χ1v) is 17.3. The number of hydrogen-bond acceptors (Lipinski definition) is 4. The maximum atomic E-state index is 13.9. The van der Waals surface area contributed by atoms with Gasteiger partial charge in [-0.1, -0.05) is 80.1 Å². The van der Waals surface area contributed by atoms with Gasteiger partial charge in [-0.25, -0.2) is 4.57 Å². The molecular weight excluding hydrogens is 486 g/mol. The summed E-state index contributed by atoms with van der Waals surface area (Å²) in [5, 5.41) is -2.71. The van der Waals surface area contributed by atoms with E-state index in [9.17, 15) is 28.7 Å². The van der Waals surface area contributed by atoms with Crippen molar-refractivity contribution in [1.29, 1.82) is 0 Å². The lowest BCUT2D eigenvalue weighted by Crippen LogP contribution is -2.81. The molecule has 0 aromatic heterocycles. The lowest BCUT2D eigenvalue weighted by molar-refractivity contribution is -1.14. The molecule has 0 fully saturated rings. The van der Waals surface area contributed by atoms with Crippen LogP contribution in [-0.2, 0) is 9.13 Å². The highest BCUT2D eigenvalue weighted by Gasteiger charge is 2.76. The molecule has 212 valence electrons. The quantitative estimate of drug-likeness (QED) is 0.111. The topological polar surface area (TPSA) is 121 Å². The van der Waals surface area contributed by atoms with Crippen molar-refractivity contribution in [2.75, 3.05) is 39.3 Å². The highest BCUT2D eigenvalue weighted by Crippen LogP contribution is 2.73. The monoisotopic (exact) mass is 542 g/mol. The second kappa shape index (κ2) is 16.2. The Labute approximate surface area is 216 Å². The molecule has 0 aliphatic rings. The molecule has 0 aromatic rings. The zero-order valence-corrected chi connectivity index (χ0v) is 25.3. The largest absolute Gasteiger partial charge is 0.801 e. The summed E-state index contributed by atoms with van der Waals surface area (Å²) in [5.74, 6) is 0. The third kappa shape index (κ3) is 8.10. The molecular formula is C25H56N2O6P2. The van der Waals surface area contributed by atoms with E-state index >= 15 is 0 Å². The van der Waals surface area contributed by atoms with E-state index in [4.69, 9.17) is 0 Å². The average Bonchev–Trinajstić information content (AvgIpc) is 2.78. The molecule has 35 heavy (non-hydrogen) atoms. The average molecular weight is 543 g/mol. The molecule has 0 aliphatic heterocycles. The molecule has 0 aromatic carbocycles. The molecule has 0 saturated heterocycles. The first-order valence-electron chi connectivity index (χ1n) is 14.2. The van der Waals surface area contributed by atoms with E-state index in [2.05, 4.69) is 0 Å². The second-order valence-electron chi connectivity index (χ2n) is 10.4. The molecule has 0 saturated carbocycles. The highest BCUT2D eigenvalue weighted by molar-refractivity contribution is 7.70. The number of rotatable bonds is 22. The predicted molar refractivity (Wildman–Crippen MR) is 142 cm³/mol. The second-order valence-corrected chi connectivity index (χ2v) is 14.1. The SMILES string of the molecule is CCCC[N+](CCCC)(CCCC)C([N+](CCCC)(CCCC)CCCC)(P(=O)([O-])[O-])P(=O)(O)O. The standard InChI is InChI=1S/C25H56N2O6P2/c1-7-13-19-26(20-14-8-2,21-15-9-3)25(34(28,29)30,35(31,32)33)27(22-16-10-4,23-17-11-5)24-18-12-6/h7-24H2,1-6H3,(H2-2,28,29,30,31,32,33). The minimum Gasteiger partial charge on any atom is -0.801 e. The molecule has 0 radical (unpaired) electrons. The molecule has 0 unspecified atom stereocenters. The fourth-order valence-corrected chi connectivity index (χ4v) is 10.6. The van der Waals surface area contributed by atoms with Gasteiger partial charge in [0.25, 0.3) is 0 Å². The summed E-state index contributed by atoms with van der Waals surface area (Å²) in [7, 11) is -11.3. The third-order valence-electron chi connectivity index (χ3n) is 7.67. The lowest BCUT2D eigenvalue weighted by atomic mass is 10.1. The Balaban J connectivity index is 7.90. The normalized spacial score (nSPS) is 14.0. The van der Waals surface area contributed by atoms with E-state index in [0.717, 1.165) is 38.5 Å². The van der Waals surface area contributed by atoms with Gasteiger partial charge in [0.05, 0.1) is 46.9 Å². The maximum Gasteiger partial charge on any atom is 0.451 e. The van der Waals surface area contributed by atoms with Crippen LogP contribution in [0, 0.1) is 0 Å². The number of hydrogen-bond donors (Lipinski definition) is 2. The summed E-state index contributed by atoms with van der Waals surface area (Å²) < 4.78 is 27.0. The van der Waals surface area contributed by atoms with E-state index in [1.165, 1.54) is 0 Å². The van der Waals surface area contributed by atoms with E-state index in [-0.39, 0.29) is 8.97 Å². The number of nitrogens with zero attached hydrogens (tertiary/aromatic N) is 2. The van der Waals surface area contributed by atoms with Gasteiger partial charge in [0.15, 0.2) is 0 Å². The van der Waals surface area contributed by atoms with Crippen LogP contribution >= 0.6 is 15.2 Å². The van der Waals surface area contributed by atoms with Crippen LogP contribution in [-0.4, -0.2) is 63.2 Å². The van der Waals surface area contributed by atoms with Crippen molar-refractivity contribution in [2.45, 2.75) is 124 Å². The van der Waals surface area contributed by atoms with Gasteiger partial charge in [0.2, 0.25) is 0 Å². The Morgan fingerprint density at radius 2 is 0.743 bits per heavy atom. The van der Waals surface area contributed by atoms with Gasteiger partial charge < -0.3 is 24.1 Å². The summed E-state index contributed by atoms with van der Waals surface area (Å²) in [6, 6.07) is 0. The van der Waals surface area contributed by atoms with Crippen LogP contribution in [0.3, 0.4) is 0 Å². The predicted octanol–water partition coefficient (Wildman–Crippen LogP) is 5.12. The highest BCUT2D eigenvalue weighted by atomic mass is 31.2. The fraction of sp³-hybridized carbons (Fsp3) is 1.00. The molecule has 0 bridgehead atoms. The van der Waals surface area contributed by atoms with Crippen molar-refractivity contribution in [3.63, 3.8) is 0 Å². The Hall–Kier alpha value is 0.220. The Bertz CT molecular complexity index is 565. The molecule has 0 amide bonds. The van der Waals surface area contributed by atoms with Crippen molar-refractivity contribution in [3.8, 4) is 0 Å². The van der Waals surface area contributed by atoms with Crippen molar-refractivity contribution in [2.24, 2.45) is 0 Å². The van der Waals surface area contributed by atoms with Crippen molar-refractivity contribution in [1.82, 2.24) is 0 Å². The lowest BCUT2D eigenvalue weighted by Gasteiger charge is -2.66. The molecule has 0 atom stereocenters. The van der Waals surface area contributed by atoms with Crippen molar-refractivity contribution < 1.29 is 37.7 Å². The summed E-state index contributed by atoms with van der Waals surface area (Å²) in [4.78, 5) is 49.9. The number of unbranched alkanes of at least 4 members (excludes halogenated alkanes) is 6. The zero-order chi connectivity index (χ0) is 27.2. The van der Waals surface area contributed by atoms with Crippen LogP contribution in [0.15, 0.2) is 0 Å². The van der Waals surface area contributed by atoms with Crippen LogP contribution < -0.4 is 9.79 Å². The van der Waals surface area contributed by atoms with Gasteiger partial charge in [0, 0.05) is 0 Å². The summed E-state index contributed by atoms with van der Waals surface area (Å²) >= 11 is 0. The minimum atomic E-state index is -5.83. The molecule has 0 aliphatic carbocycles. The summed E-state index contributed by atoms with van der Waals surface area (Å²) in [6.07, 6.45) is 8.26. The van der Waals surface area contributed by atoms with Crippen molar-refractivity contribution >= 4 is 15.2 Å². The van der Waals surface area contributed by atoms with E-state index in [1.54, 1.807) is 0 Å². The summed E-state index contributed by atoms with van der Waals surface area (Å²) in [6.45, 7) is 13.7. The minimum absolute atomic E-state index is 0.292. The van der Waals surface area contributed by atoms with Gasteiger partial charge >= 0.3 is 12.7 Å². The van der Waals surface area contributed by atoms with Gasteiger partial charge in [-0.15, -0.1) is 0 Å². The number of quaternary nitrogens is 2. The first-order chi connectivity index (χ1) is 16.4. The van der Waals surface area contributed by atoms with Gasteiger partial charge in [-0.3, -0.25) is 8.97 Å². The van der Waals surface area contributed by atoms with Crippen LogP contribution in [0.1, 0.15) is 119 Å². The smallest absolute Gasteiger partial charge is 0.451 e. The van der Waals surface area contributed by atoms with E-state index < -0.39 is 20.3 Å². The van der Waals surface area contributed by atoms with Gasteiger partial charge in [-0.05, 0) is 38.5 Å². The van der Waals surface area contributed by atoms with E-state index in [1.807, 2.05) is 41.5 Å². The van der Waals surface area contributed by atoms with Crippen LogP contribution in [0.4, 0.5) is 0 Å². The zero-order valence-electron chi connectivity index (χ0n) is 23.5. The molecule has 0 heterocycles. The fourth-order valence-electron chi connectivity index (χ4n) is 6.02. The van der Waals surface area contributed by atoms with Crippen LogP contribution in [0.2, 0.25) is 0 Å². The Morgan fingerprint density at radius 1 is 0.543 bits per heavy atom. The molecule has 10 heteroatoms. The Kier molecular flexibility index (Phi) is 16.3. The maximum absolute atomic E-state index is 13.9. The van der Waals surface area contributed by atoms with Crippen LogP contribution in [0.25, 0.3) is 0 Å².